The van der Waals surface area contributed by atoms with Crippen molar-refractivity contribution < 1.29 is 9.47 Å². The number of guanidine groups is 2. The minimum Gasteiger partial charge on any atom is -0.496 e. The average molecular weight is 430 g/mol. The summed E-state index contributed by atoms with van der Waals surface area (Å²) in [7, 11) is 6.82. The lowest BCUT2D eigenvalue weighted by Gasteiger charge is -2.32. The number of anilines is 2. The van der Waals surface area contributed by atoms with E-state index in [-0.39, 0.29) is 0 Å². The molecule has 0 bridgehead atoms. The first-order chi connectivity index (χ1) is 14.5. The van der Waals surface area contributed by atoms with Crippen LogP contribution in [0.2, 0.25) is 5.02 Å². The first-order valence-corrected chi connectivity index (χ1v) is 10.2. The zero-order chi connectivity index (χ0) is 21.7. The molecule has 2 N–H and O–H groups in total. The lowest BCUT2D eigenvalue weighted by molar-refractivity contribution is 0.389. The second-order valence-electron chi connectivity index (χ2n) is 6.89. The van der Waals surface area contributed by atoms with Gasteiger partial charge in [0.25, 0.3) is 0 Å². The molecule has 1 aliphatic rings. The van der Waals surface area contributed by atoms with Crippen LogP contribution in [0.1, 0.15) is 17.5 Å². The number of nitrogens with one attached hydrogen (secondary N) is 2. The van der Waals surface area contributed by atoms with Gasteiger partial charge in [0.15, 0.2) is 0 Å². The van der Waals surface area contributed by atoms with E-state index in [1.54, 1.807) is 21.3 Å². The lowest BCUT2D eigenvalue weighted by atomic mass is 10.0. The van der Waals surface area contributed by atoms with E-state index in [9.17, 15) is 0 Å². The molecule has 0 amide bonds. The first kappa shape index (κ1) is 21.8. The van der Waals surface area contributed by atoms with Crippen LogP contribution in [0, 0.1) is 6.92 Å². The summed E-state index contributed by atoms with van der Waals surface area (Å²) >= 11 is 6.25. The van der Waals surface area contributed by atoms with Crippen molar-refractivity contribution in [2.24, 2.45) is 9.98 Å². The van der Waals surface area contributed by atoms with E-state index in [1.807, 2.05) is 38.2 Å². The highest BCUT2D eigenvalue weighted by atomic mass is 35.5. The second-order valence-corrected chi connectivity index (χ2v) is 7.33. The van der Waals surface area contributed by atoms with Crippen molar-refractivity contribution in [3.63, 3.8) is 0 Å². The molecule has 160 valence electrons. The van der Waals surface area contributed by atoms with Gasteiger partial charge in [0.1, 0.15) is 11.5 Å². The highest BCUT2D eigenvalue weighted by Gasteiger charge is 2.21. The number of methoxy groups -OCH3 is 2. The number of halogens is 1. The fourth-order valence-electron chi connectivity index (χ4n) is 3.54. The highest BCUT2D eigenvalue weighted by molar-refractivity contribution is 6.31. The number of aliphatic imine (C=N–C) groups is 2. The van der Waals surface area contributed by atoms with Crippen LogP contribution in [0.25, 0.3) is 0 Å². The molecule has 0 aliphatic carbocycles. The van der Waals surface area contributed by atoms with Crippen molar-refractivity contribution in [1.82, 2.24) is 5.32 Å². The summed E-state index contributed by atoms with van der Waals surface area (Å²) in [6.45, 7) is 2.79. The molecule has 3 rings (SSSR count). The number of ether oxygens (including phenoxy) is 2. The van der Waals surface area contributed by atoms with E-state index >= 15 is 0 Å². The number of rotatable bonds is 3. The van der Waals surface area contributed by atoms with Gasteiger partial charge in [0, 0.05) is 54.7 Å². The topological polar surface area (TPSA) is 70.5 Å². The molecule has 0 fully saturated rings. The van der Waals surface area contributed by atoms with E-state index in [1.165, 1.54) is 5.56 Å². The summed E-state index contributed by atoms with van der Waals surface area (Å²) in [6.07, 6.45) is 2.06. The Bertz CT molecular complexity index is 949. The van der Waals surface area contributed by atoms with Gasteiger partial charge in [-0.1, -0.05) is 17.7 Å². The third-order valence-electron chi connectivity index (χ3n) is 5.08. The van der Waals surface area contributed by atoms with E-state index in [0.29, 0.717) is 16.9 Å². The molecule has 0 aromatic heterocycles. The van der Waals surface area contributed by atoms with Gasteiger partial charge in [-0.2, -0.15) is 4.99 Å². The minimum atomic E-state index is 0.460. The lowest BCUT2D eigenvalue weighted by Crippen LogP contribution is -2.43. The predicted octanol–water partition coefficient (Wildman–Crippen LogP) is 4.09. The van der Waals surface area contributed by atoms with E-state index in [0.717, 1.165) is 47.8 Å². The number of aryl methyl sites for hydroxylation is 1. The largest absolute Gasteiger partial charge is 0.496 e. The summed E-state index contributed by atoms with van der Waals surface area (Å²) in [6, 6.07) is 9.78. The Morgan fingerprint density at radius 3 is 2.43 bits per heavy atom. The molecule has 2 aromatic carbocycles. The van der Waals surface area contributed by atoms with Gasteiger partial charge in [-0.25, -0.2) is 0 Å². The number of hydrogen-bond donors (Lipinski definition) is 2. The monoisotopic (exact) mass is 429 g/mol. The molecule has 0 unspecified atom stereocenters. The van der Waals surface area contributed by atoms with Gasteiger partial charge in [0.2, 0.25) is 11.9 Å². The standard InChI is InChI=1S/C22H28ClN5O2/c1-14-19(29-4)12-17(13-20(14)30-5)26-21(24-2)27-22(25-3)28-10-6-7-15-8-9-16(23)11-18(15)28/h8-9,11-13H,6-7,10H2,1-5H3,(H2,24,25,26,27). The van der Waals surface area contributed by atoms with Crippen molar-refractivity contribution in [3.8, 4) is 11.5 Å². The number of nitrogens with zero attached hydrogens (tertiary/aromatic N) is 3. The summed E-state index contributed by atoms with van der Waals surface area (Å²) in [5, 5.41) is 7.16. The third-order valence-corrected chi connectivity index (χ3v) is 5.31. The number of hydrogen-bond acceptors (Lipinski definition) is 3. The van der Waals surface area contributed by atoms with Crippen molar-refractivity contribution in [1.29, 1.82) is 0 Å². The van der Waals surface area contributed by atoms with Gasteiger partial charge >= 0.3 is 0 Å². The molecule has 0 radical (unpaired) electrons. The Kier molecular flexibility index (Phi) is 7.05. The van der Waals surface area contributed by atoms with Crippen LogP contribution in [0.15, 0.2) is 40.3 Å². The molecule has 0 spiro atoms. The van der Waals surface area contributed by atoms with Gasteiger partial charge in [-0.05, 0) is 37.5 Å². The maximum atomic E-state index is 6.25. The summed E-state index contributed by atoms with van der Waals surface area (Å²) < 4.78 is 10.9. The smallest absolute Gasteiger partial charge is 0.225 e. The molecule has 7 nitrogen and oxygen atoms in total. The van der Waals surface area contributed by atoms with Crippen LogP contribution in [-0.2, 0) is 6.42 Å². The Balaban J connectivity index is 1.92. The SMILES string of the molecule is C/N=C(\N=C(/NC)N1CCCc2ccc(Cl)cc21)Nc1cc(OC)c(C)c(OC)c1. The Morgan fingerprint density at radius 1 is 1.13 bits per heavy atom. The van der Waals surface area contributed by atoms with Crippen LogP contribution in [0.5, 0.6) is 11.5 Å². The fourth-order valence-corrected chi connectivity index (χ4v) is 3.71. The van der Waals surface area contributed by atoms with Crippen molar-refractivity contribution >= 4 is 34.9 Å². The molecule has 0 saturated heterocycles. The van der Waals surface area contributed by atoms with Crippen LogP contribution < -0.4 is 25.0 Å². The summed E-state index contributed by atoms with van der Waals surface area (Å²) in [4.78, 5) is 11.2. The summed E-state index contributed by atoms with van der Waals surface area (Å²) in [5.41, 5.74) is 4.03. The first-order valence-electron chi connectivity index (χ1n) is 9.79. The second kappa shape index (κ2) is 9.71. The van der Waals surface area contributed by atoms with Gasteiger partial charge in [-0.3, -0.25) is 4.99 Å². The Hall–Kier alpha value is -2.93. The quantitative estimate of drug-likeness (QED) is 0.568. The summed E-state index contributed by atoms with van der Waals surface area (Å²) in [5.74, 6) is 2.60. The van der Waals surface area contributed by atoms with Crippen molar-refractivity contribution in [2.75, 3.05) is 45.1 Å². The van der Waals surface area contributed by atoms with Gasteiger partial charge in [0.05, 0.1) is 14.2 Å². The third kappa shape index (κ3) is 4.62. The molecule has 0 saturated carbocycles. The van der Waals surface area contributed by atoms with Crippen molar-refractivity contribution in [3.05, 3.63) is 46.5 Å². The molecule has 8 heteroatoms. The molecule has 1 aliphatic heterocycles. The van der Waals surface area contributed by atoms with Crippen LogP contribution in [0.4, 0.5) is 11.4 Å². The zero-order valence-corrected chi connectivity index (χ0v) is 18.8. The Morgan fingerprint density at radius 2 is 1.83 bits per heavy atom. The van der Waals surface area contributed by atoms with Crippen LogP contribution in [-0.4, -0.2) is 46.8 Å². The Labute approximate surface area is 182 Å². The maximum Gasteiger partial charge on any atom is 0.225 e. The minimum absolute atomic E-state index is 0.460. The van der Waals surface area contributed by atoms with E-state index in [4.69, 9.17) is 26.1 Å². The molecule has 30 heavy (non-hydrogen) atoms. The molecular formula is C22H28ClN5O2. The highest BCUT2D eigenvalue weighted by Crippen LogP contribution is 2.32. The maximum absolute atomic E-state index is 6.25. The number of benzene rings is 2. The molecule has 2 aromatic rings. The predicted molar refractivity (Wildman–Crippen MR) is 125 cm³/mol. The zero-order valence-electron chi connectivity index (χ0n) is 18.0. The van der Waals surface area contributed by atoms with Crippen LogP contribution in [0.3, 0.4) is 0 Å². The van der Waals surface area contributed by atoms with Gasteiger partial charge in [-0.15, -0.1) is 0 Å². The average Bonchev–Trinajstić information content (AvgIpc) is 2.77. The van der Waals surface area contributed by atoms with Crippen molar-refractivity contribution in [2.45, 2.75) is 19.8 Å². The molecule has 1 heterocycles. The fraction of sp³-hybridized carbons (Fsp3) is 0.364. The number of fused-ring (bicyclic) bond motifs is 1. The van der Waals surface area contributed by atoms with E-state index < -0.39 is 0 Å². The van der Waals surface area contributed by atoms with Gasteiger partial charge < -0.3 is 25.0 Å². The normalized spacial score (nSPS) is 14.3. The van der Waals surface area contributed by atoms with Crippen LogP contribution >= 0.6 is 11.6 Å². The van der Waals surface area contributed by atoms with E-state index in [2.05, 4.69) is 26.6 Å². The molecule has 0 atom stereocenters. The molecular weight excluding hydrogens is 402 g/mol.